The molecule has 2 aromatic heterocycles. The molecule has 1 aliphatic heterocycles. The number of carbonyl (C=O) groups excluding carboxylic acids is 1. The van der Waals surface area contributed by atoms with Gasteiger partial charge in [-0.2, -0.15) is 0 Å². The SMILES string of the molecule is Cc1cc(-c2cnc(NC(C)C)nc2C2CCN(C(=O)C3CC3)CC2)on1. The molecular weight excluding hydrogens is 342 g/mol. The molecule has 7 nitrogen and oxygen atoms in total. The van der Waals surface area contributed by atoms with Crippen LogP contribution in [0.1, 0.15) is 56.8 Å². The summed E-state index contributed by atoms with van der Waals surface area (Å²) in [4.78, 5) is 23.7. The van der Waals surface area contributed by atoms with Crippen molar-refractivity contribution in [3.05, 3.63) is 23.7 Å². The van der Waals surface area contributed by atoms with Gasteiger partial charge < -0.3 is 14.7 Å². The van der Waals surface area contributed by atoms with Crippen LogP contribution < -0.4 is 5.32 Å². The number of aromatic nitrogens is 3. The Morgan fingerprint density at radius 1 is 1.26 bits per heavy atom. The minimum absolute atomic E-state index is 0.259. The van der Waals surface area contributed by atoms with Gasteiger partial charge in [-0.15, -0.1) is 0 Å². The monoisotopic (exact) mass is 369 g/mol. The summed E-state index contributed by atoms with van der Waals surface area (Å²) in [6.07, 6.45) is 5.77. The van der Waals surface area contributed by atoms with Crippen LogP contribution in [-0.2, 0) is 4.79 Å². The lowest BCUT2D eigenvalue weighted by atomic mass is 9.90. The number of anilines is 1. The minimum Gasteiger partial charge on any atom is -0.356 e. The second kappa shape index (κ2) is 7.29. The molecule has 1 N–H and O–H groups in total. The number of amides is 1. The average Bonchev–Trinajstić information content (AvgIpc) is 3.42. The third kappa shape index (κ3) is 3.96. The molecule has 0 bridgehead atoms. The first-order chi connectivity index (χ1) is 13.0. The molecule has 1 saturated carbocycles. The maximum atomic E-state index is 12.3. The second-order valence-electron chi connectivity index (χ2n) is 8.00. The van der Waals surface area contributed by atoms with Crippen molar-refractivity contribution >= 4 is 11.9 Å². The maximum absolute atomic E-state index is 12.3. The van der Waals surface area contributed by atoms with Crippen LogP contribution >= 0.6 is 0 Å². The molecule has 1 amide bonds. The third-order valence-corrected chi connectivity index (χ3v) is 5.25. The van der Waals surface area contributed by atoms with E-state index < -0.39 is 0 Å². The lowest BCUT2D eigenvalue weighted by Gasteiger charge is -2.32. The summed E-state index contributed by atoms with van der Waals surface area (Å²) >= 11 is 0. The van der Waals surface area contributed by atoms with Crippen LogP contribution in [0.15, 0.2) is 16.8 Å². The molecular formula is C20H27N5O2. The van der Waals surface area contributed by atoms with Crippen LogP contribution in [0.5, 0.6) is 0 Å². The molecule has 7 heteroatoms. The largest absolute Gasteiger partial charge is 0.356 e. The molecule has 0 aromatic carbocycles. The van der Waals surface area contributed by atoms with E-state index in [1.165, 1.54) is 0 Å². The first-order valence-electron chi connectivity index (χ1n) is 9.87. The quantitative estimate of drug-likeness (QED) is 0.870. The standard InChI is InChI=1S/C20H27N5O2/c1-12(2)22-20-21-11-16(17-10-13(3)24-27-17)18(23-20)14-6-8-25(9-7-14)19(26)15-4-5-15/h10-12,14-15H,4-9H2,1-3H3,(H,21,22,23). The molecule has 0 unspecified atom stereocenters. The summed E-state index contributed by atoms with van der Waals surface area (Å²) in [5.74, 6) is 2.25. The average molecular weight is 369 g/mol. The predicted octanol–water partition coefficient (Wildman–Crippen LogP) is 3.38. The van der Waals surface area contributed by atoms with E-state index in [4.69, 9.17) is 9.51 Å². The highest BCUT2D eigenvalue weighted by atomic mass is 16.5. The Kier molecular flexibility index (Phi) is 4.85. The van der Waals surface area contributed by atoms with E-state index >= 15 is 0 Å². The number of piperidine rings is 1. The van der Waals surface area contributed by atoms with Gasteiger partial charge in [0.15, 0.2) is 5.76 Å². The molecule has 3 heterocycles. The van der Waals surface area contributed by atoms with Crippen LogP contribution in [0.2, 0.25) is 0 Å². The zero-order chi connectivity index (χ0) is 19.0. The molecule has 2 aromatic rings. The molecule has 2 fully saturated rings. The van der Waals surface area contributed by atoms with Crippen LogP contribution in [-0.4, -0.2) is 45.1 Å². The normalized spacial score (nSPS) is 18.1. The van der Waals surface area contributed by atoms with Crippen molar-refractivity contribution in [2.45, 2.75) is 58.4 Å². The summed E-state index contributed by atoms with van der Waals surface area (Å²) in [6.45, 7) is 7.64. The molecule has 144 valence electrons. The van der Waals surface area contributed by atoms with E-state index in [0.29, 0.717) is 17.6 Å². The Hall–Kier alpha value is -2.44. The van der Waals surface area contributed by atoms with Crippen LogP contribution in [0, 0.1) is 12.8 Å². The summed E-state index contributed by atoms with van der Waals surface area (Å²) in [6, 6.07) is 2.18. The van der Waals surface area contributed by atoms with Gasteiger partial charge in [0, 0.05) is 43.2 Å². The number of aryl methyl sites for hydroxylation is 1. The van der Waals surface area contributed by atoms with Crippen molar-refractivity contribution in [3.8, 4) is 11.3 Å². The number of hydrogen-bond acceptors (Lipinski definition) is 6. The Morgan fingerprint density at radius 3 is 2.59 bits per heavy atom. The first kappa shape index (κ1) is 17.9. The predicted molar refractivity (Wildman–Crippen MR) is 102 cm³/mol. The summed E-state index contributed by atoms with van der Waals surface area (Å²) in [5, 5.41) is 7.30. The van der Waals surface area contributed by atoms with Crippen molar-refractivity contribution in [1.29, 1.82) is 0 Å². The van der Waals surface area contributed by atoms with E-state index in [-0.39, 0.29) is 17.9 Å². The molecule has 0 radical (unpaired) electrons. The fourth-order valence-electron chi connectivity index (χ4n) is 3.68. The Bertz CT molecular complexity index is 820. The highest BCUT2D eigenvalue weighted by molar-refractivity contribution is 5.81. The Morgan fingerprint density at radius 2 is 2.00 bits per heavy atom. The number of nitrogens with one attached hydrogen (secondary N) is 1. The summed E-state index contributed by atoms with van der Waals surface area (Å²) in [5.41, 5.74) is 2.73. The number of likely N-dealkylation sites (tertiary alicyclic amines) is 1. The van der Waals surface area contributed by atoms with Gasteiger partial charge in [0.25, 0.3) is 0 Å². The van der Waals surface area contributed by atoms with E-state index in [2.05, 4.69) is 29.3 Å². The van der Waals surface area contributed by atoms with Gasteiger partial charge in [-0.3, -0.25) is 4.79 Å². The number of carbonyl (C=O) groups is 1. The second-order valence-corrected chi connectivity index (χ2v) is 8.00. The maximum Gasteiger partial charge on any atom is 0.225 e. The van der Waals surface area contributed by atoms with Gasteiger partial charge >= 0.3 is 0 Å². The van der Waals surface area contributed by atoms with E-state index in [0.717, 1.165) is 55.7 Å². The van der Waals surface area contributed by atoms with Crippen LogP contribution in [0.4, 0.5) is 5.95 Å². The minimum atomic E-state index is 0.259. The smallest absolute Gasteiger partial charge is 0.225 e. The van der Waals surface area contributed by atoms with E-state index in [9.17, 15) is 4.79 Å². The van der Waals surface area contributed by atoms with Crippen molar-refractivity contribution in [2.24, 2.45) is 5.92 Å². The van der Waals surface area contributed by atoms with Crippen LogP contribution in [0.3, 0.4) is 0 Å². The molecule has 0 spiro atoms. The van der Waals surface area contributed by atoms with Crippen molar-refractivity contribution in [1.82, 2.24) is 20.0 Å². The van der Waals surface area contributed by atoms with Gasteiger partial charge in [-0.1, -0.05) is 5.16 Å². The first-order valence-corrected chi connectivity index (χ1v) is 9.87. The molecule has 2 aliphatic rings. The van der Waals surface area contributed by atoms with Gasteiger partial charge in [0.1, 0.15) is 0 Å². The molecule has 27 heavy (non-hydrogen) atoms. The van der Waals surface area contributed by atoms with Crippen molar-refractivity contribution in [2.75, 3.05) is 18.4 Å². The highest BCUT2D eigenvalue weighted by Crippen LogP contribution is 2.37. The zero-order valence-corrected chi connectivity index (χ0v) is 16.2. The van der Waals surface area contributed by atoms with E-state index in [1.54, 1.807) is 0 Å². The fourth-order valence-corrected chi connectivity index (χ4v) is 3.68. The highest BCUT2D eigenvalue weighted by Gasteiger charge is 2.35. The van der Waals surface area contributed by atoms with Gasteiger partial charge in [-0.25, -0.2) is 9.97 Å². The Labute approximate surface area is 159 Å². The molecule has 1 saturated heterocycles. The number of rotatable bonds is 5. The van der Waals surface area contributed by atoms with E-state index in [1.807, 2.05) is 24.1 Å². The number of hydrogen-bond donors (Lipinski definition) is 1. The molecule has 4 rings (SSSR count). The van der Waals surface area contributed by atoms with Gasteiger partial charge in [0.05, 0.1) is 17.0 Å². The number of nitrogens with zero attached hydrogens (tertiary/aromatic N) is 4. The third-order valence-electron chi connectivity index (χ3n) is 5.25. The summed E-state index contributed by atoms with van der Waals surface area (Å²) in [7, 11) is 0. The topological polar surface area (TPSA) is 84.2 Å². The molecule has 1 aliphatic carbocycles. The van der Waals surface area contributed by atoms with Gasteiger partial charge in [0.2, 0.25) is 11.9 Å². The van der Waals surface area contributed by atoms with Crippen molar-refractivity contribution < 1.29 is 9.32 Å². The lowest BCUT2D eigenvalue weighted by Crippen LogP contribution is -2.39. The van der Waals surface area contributed by atoms with Crippen LogP contribution in [0.25, 0.3) is 11.3 Å². The van der Waals surface area contributed by atoms with Crippen molar-refractivity contribution in [3.63, 3.8) is 0 Å². The summed E-state index contributed by atoms with van der Waals surface area (Å²) < 4.78 is 5.49. The van der Waals surface area contributed by atoms with Gasteiger partial charge in [-0.05, 0) is 46.5 Å². The molecule has 0 atom stereocenters. The Balaban J connectivity index is 1.58. The lowest BCUT2D eigenvalue weighted by molar-refractivity contribution is -0.133. The zero-order valence-electron chi connectivity index (χ0n) is 16.2. The fraction of sp³-hybridized carbons (Fsp3) is 0.600.